The first-order valence-corrected chi connectivity index (χ1v) is 6.18. The Morgan fingerprint density at radius 1 is 1.50 bits per heavy atom. The molecule has 4 nitrogen and oxygen atoms in total. The lowest BCUT2D eigenvalue weighted by molar-refractivity contribution is 0.0531. The number of hydrogen-bond donors (Lipinski definition) is 1. The zero-order valence-corrected chi connectivity index (χ0v) is 10.2. The summed E-state index contributed by atoms with van der Waals surface area (Å²) in [7, 11) is 1.54. The minimum Gasteiger partial charge on any atom is -0.497 e. The number of rotatable bonds is 5. The lowest BCUT2D eigenvalue weighted by atomic mass is 10.2. The van der Waals surface area contributed by atoms with Crippen molar-refractivity contribution in [1.29, 1.82) is 0 Å². The molecule has 0 aromatic heterocycles. The molecule has 0 amide bonds. The fourth-order valence-electron chi connectivity index (χ4n) is 1.13. The quantitative estimate of drug-likeness (QED) is 0.484. The highest BCUT2D eigenvalue weighted by Crippen LogP contribution is 2.20. The minimum atomic E-state index is -0.412. The molecule has 0 unspecified atom stereocenters. The number of nitrogen functional groups attached to an aromatic ring is 1. The lowest BCUT2D eigenvalue weighted by Crippen LogP contribution is -2.10. The van der Waals surface area contributed by atoms with Crippen LogP contribution in [0.25, 0.3) is 0 Å². The van der Waals surface area contributed by atoms with Crippen LogP contribution in [0.4, 0.5) is 5.69 Å². The molecule has 16 heavy (non-hydrogen) atoms. The number of carbonyl (C=O) groups is 1. The van der Waals surface area contributed by atoms with E-state index in [1.165, 1.54) is 7.11 Å². The van der Waals surface area contributed by atoms with Crippen molar-refractivity contribution in [1.82, 2.24) is 0 Å². The zero-order valence-electron chi connectivity index (χ0n) is 9.36. The van der Waals surface area contributed by atoms with Crippen molar-refractivity contribution in [3.63, 3.8) is 0 Å². The molecular weight excluding hydrogens is 226 g/mol. The van der Waals surface area contributed by atoms with Crippen LogP contribution < -0.4 is 10.5 Å². The molecule has 0 heterocycles. The van der Waals surface area contributed by atoms with E-state index in [0.29, 0.717) is 23.6 Å². The summed E-state index contributed by atoms with van der Waals surface area (Å²) in [5.74, 6) is 0.951. The number of thioether (sulfide) groups is 1. The Bertz CT molecular complexity index is 368. The average molecular weight is 241 g/mol. The average Bonchev–Trinajstić information content (AvgIpc) is 2.30. The number of benzene rings is 1. The number of nitrogens with two attached hydrogens (primary N) is 1. The highest BCUT2D eigenvalue weighted by atomic mass is 32.2. The number of carbonyl (C=O) groups excluding carboxylic acids is 1. The third-order valence-electron chi connectivity index (χ3n) is 2.00. The van der Waals surface area contributed by atoms with Crippen LogP contribution in [0, 0.1) is 0 Å². The van der Waals surface area contributed by atoms with Gasteiger partial charge in [-0.25, -0.2) is 4.79 Å². The topological polar surface area (TPSA) is 61.5 Å². The fourth-order valence-corrected chi connectivity index (χ4v) is 1.38. The monoisotopic (exact) mass is 241 g/mol. The van der Waals surface area contributed by atoms with E-state index in [4.69, 9.17) is 15.2 Å². The van der Waals surface area contributed by atoms with E-state index < -0.39 is 5.97 Å². The summed E-state index contributed by atoms with van der Waals surface area (Å²) in [6.45, 7) is 0.386. The van der Waals surface area contributed by atoms with Gasteiger partial charge in [-0.15, -0.1) is 0 Å². The second-order valence-corrected chi connectivity index (χ2v) is 4.07. The molecule has 2 N–H and O–H groups in total. The maximum atomic E-state index is 11.6. The molecule has 1 aromatic rings. The van der Waals surface area contributed by atoms with Crippen molar-refractivity contribution in [3.05, 3.63) is 23.8 Å². The van der Waals surface area contributed by atoms with Gasteiger partial charge in [0.25, 0.3) is 0 Å². The molecule has 88 valence electrons. The summed E-state index contributed by atoms with van der Waals surface area (Å²) in [5, 5.41) is 0. The summed E-state index contributed by atoms with van der Waals surface area (Å²) in [5.41, 5.74) is 6.43. The van der Waals surface area contributed by atoms with Gasteiger partial charge in [-0.1, -0.05) is 0 Å². The standard InChI is InChI=1S/C11H15NO3S/c1-14-8-3-4-10(12)9(7-8)11(13)15-5-6-16-2/h3-4,7H,5-6,12H2,1-2H3. The van der Waals surface area contributed by atoms with Crippen LogP contribution in [0.3, 0.4) is 0 Å². The van der Waals surface area contributed by atoms with E-state index in [0.717, 1.165) is 5.75 Å². The Hall–Kier alpha value is -1.36. The van der Waals surface area contributed by atoms with Gasteiger partial charge in [0.15, 0.2) is 0 Å². The molecule has 0 saturated carbocycles. The van der Waals surface area contributed by atoms with Gasteiger partial charge >= 0.3 is 5.97 Å². The Kier molecular flexibility index (Phi) is 4.98. The van der Waals surface area contributed by atoms with Crippen LogP contribution >= 0.6 is 11.8 Å². The number of hydrogen-bond acceptors (Lipinski definition) is 5. The molecule has 0 spiro atoms. The van der Waals surface area contributed by atoms with Gasteiger partial charge in [-0.05, 0) is 24.5 Å². The smallest absolute Gasteiger partial charge is 0.340 e. The second-order valence-electron chi connectivity index (χ2n) is 3.08. The molecule has 0 atom stereocenters. The van der Waals surface area contributed by atoms with Crippen molar-refractivity contribution < 1.29 is 14.3 Å². The van der Waals surface area contributed by atoms with Crippen molar-refractivity contribution in [2.24, 2.45) is 0 Å². The number of methoxy groups -OCH3 is 1. The van der Waals surface area contributed by atoms with Crippen LogP contribution in [-0.4, -0.2) is 31.7 Å². The number of esters is 1. The summed E-state index contributed by atoms with van der Waals surface area (Å²) < 4.78 is 10.1. The lowest BCUT2D eigenvalue weighted by Gasteiger charge is -2.08. The van der Waals surface area contributed by atoms with Crippen LogP contribution in [0.1, 0.15) is 10.4 Å². The fraction of sp³-hybridized carbons (Fsp3) is 0.364. The Morgan fingerprint density at radius 2 is 2.25 bits per heavy atom. The second kappa shape index (κ2) is 6.27. The molecule has 0 saturated heterocycles. The maximum Gasteiger partial charge on any atom is 0.340 e. The number of ether oxygens (including phenoxy) is 2. The summed E-state index contributed by atoms with van der Waals surface area (Å²) >= 11 is 1.62. The van der Waals surface area contributed by atoms with Crippen molar-refractivity contribution in [2.45, 2.75) is 0 Å². The van der Waals surface area contributed by atoms with Crippen LogP contribution in [-0.2, 0) is 4.74 Å². The summed E-state index contributed by atoms with van der Waals surface area (Å²) in [6, 6.07) is 4.91. The van der Waals surface area contributed by atoms with Gasteiger partial charge in [0, 0.05) is 11.4 Å². The van der Waals surface area contributed by atoms with Gasteiger partial charge < -0.3 is 15.2 Å². The molecule has 5 heteroatoms. The molecule has 1 rings (SSSR count). The molecule has 0 aliphatic rings. The van der Waals surface area contributed by atoms with E-state index >= 15 is 0 Å². The van der Waals surface area contributed by atoms with E-state index in [-0.39, 0.29) is 0 Å². The van der Waals surface area contributed by atoms with Crippen LogP contribution in [0.15, 0.2) is 18.2 Å². The van der Waals surface area contributed by atoms with Crippen molar-refractivity contribution in [2.75, 3.05) is 31.5 Å². The first-order chi connectivity index (χ1) is 7.69. The highest BCUT2D eigenvalue weighted by molar-refractivity contribution is 7.98. The van der Waals surface area contributed by atoms with E-state index in [2.05, 4.69) is 0 Å². The molecule has 1 aromatic carbocycles. The predicted molar refractivity (Wildman–Crippen MR) is 66.1 cm³/mol. The SMILES string of the molecule is COc1ccc(N)c(C(=O)OCCSC)c1. The largest absolute Gasteiger partial charge is 0.497 e. The van der Waals surface area contributed by atoms with Crippen LogP contribution in [0.2, 0.25) is 0 Å². The molecule has 0 aliphatic carbocycles. The number of anilines is 1. The molecule has 0 bridgehead atoms. The Labute approximate surface area is 99.1 Å². The zero-order chi connectivity index (χ0) is 12.0. The van der Waals surface area contributed by atoms with Gasteiger partial charge in [0.05, 0.1) is 12.7 Å². The van der Waals surface area contributed by atoms with E-state index in [1.54, 1.807) is 30.0 Å². The van der Waals surface area contributed by atoms with Gasteiger partial charge in [-0.2, -0.15) is 11.8 Å². The first kappa shape index (κ1) is 12.7. The Morgan fingerprint density at radius 3 is 2.88 bits per heavy atom. The third-order valence-corrected chi connectivity index (χ3v) is 2.58. The third kappa shape index (κ3) is 3.34. The minimum absolute atomic E-state index is 0.348. The highest BCUT2D eigenvalue weighted by Gasteiger charge is 2.12. The summed E-state index contributed by atoms with van der Waals surface area (Å²) in [4.78, 5) is 11.6. The van der Waals surface area contributed by atoms with Crippen molar-refractivity contribution in [3.8, 4) is 5.75 Å². The first-order valence-electron chi connectivity index (χ1n) is 4.78. The van der Waals surface area contributed by atoms with Crippen LogP contribution in [0.5, 0.6) is 5.75 Å². The van der Waals surface area contributed by atoms with Crippen molar-refractivity contribution >= 4 is 23.4 Å². The maximum absolute atomic E-state index is 11.6. The molecule has 0 radical (unpaired) electrons. The van der Waals surface area contributed by atoms with E-state index in [9.17, 15) is 4.79 Å². The van der Waals surface area contributed by atoms with Gasteiger partial charge in [0.1, 0.15) is 12.4 Å². The van der Waals surface area contributed by atoms with Gasteiger partial charge in [-0.3, -0.25) is 0 Å². The Balaban J connectivity index is 2.73. The molecular formula is C11H15NO3S. The predicted octanol–water partition coefficient (Wildman–Crippen LogP) is 1.80. The van der Waals surface area contributed by atoms with E-state index in [1.807, 2.05) is 6.26 Å². The van der Waals surface area contributed by atoms with Gasteiger partial charge in [0.2, 0.25) is 0 Å². The molecule has 0 aliphatic heterocycles. The normalized spacial score (nSPS) is 9.88. The molecule has 0 fully saturated rings. The summed E-state index contributed by atoms with van der Waals surface area (Å²) in [6.07, 6.45) is 1.95.